The Hall–Kier alpha value is -4.44. The second-order valence-corrected chi connectivity index (χ2v) is 12.9. The van der Waals surface area contributed by atoms with Crippen LogP contribution in [0.2, 0.25) is 0 Å². The predicted molar refractivity (Wildman–Crippen MR) is 177 cm³/mol. The summed E-state index contributed by atoms with van der Waals surface area (Å²) in [4.78, 5) is 17.7. The Balaban J connectivity index is 1.61. The lowest BCUT2D eigenvalue weighted by Gasteiger charge is -2.32. The number of carbonyl (C=O) groups is 1. The molecule has 0 bridgehead atoms. The van der Waals surface area contributed by atoms with Crippen molar-refractivity contribution in [1.82, 2.24) is 0 Å². The molecule has 0 amide bonds. The van der Waals surface area contributed by atoms with Crippen molar-refractivity contribution < 1.29 is 9.90 Å². The van der Waals surface area contributed by atoms with Crippen molar-refractivity contribution in [2.75, 3.05) is 4.90 Å². The van der Waals surface area contributed by atoms with Crippen LogP contribution >= 0.6 is 22.7 Å². The summed E-state index contributed by atoms with van der Waals surface area (Å²) >= 11 is 3.21. The molecule has 2 aromatic heterocycles. The minimum atomic E-state index is -1.21. The Labute approximate surface area is 255 Å². The molecule has 5 rings (SSSR count). The van der Waals surface area contributed by atoms with E-state index in [-0.39, 0.29) is 5.57 Å². The van der Waals surface area contributed by atoms with E-state index >= 15 is 0 Å². The monoisotopic (exact) mass is 588 g/mol. The molecule has 0 radical (unpaired) electrons. The second-order valence-electron chi connectivity index (χ2n) is 10.7. The van der Waals surface area contributed by atoms with Gasteiger partial charge >= 0.3 is 5.97 Å². The second kappa shape index (κ2) is 12.6. The van der Waals surface area contributed by atoms with Gasteiger partial charge in [-0.05, 0) is 95.3 Å². The fourth-order valence-electron chi connectivity index (χ4n) is 4.99. The van der Waals surface area contributed by atoms with Gasteiger partial charge in [0, 0.05) is 30.9 Å². The average Bonchev–Trinajstić information content (AvgIpc) is 3.67. The van der Waals surface area contributed by atoms with Crippen LogP contribution in [0.4, 0.5) is 17.1 Å². The van der Waals surface area contributed by atoms with E-state index in [1.165, 1.54) is 44.7 Å². The number of nitrogens with zero attached hydrogens (tertiary/aromatic N) is 2. The Morgan fingerprint density at radius 2 is 1.26 bits per heavy atom. The minimum absolute atomic E-state index is 0.266. The zero-order valence-corrected chi connectivity index (χ0v) is 25.7. The van der Waals surface area contributed by atoms with Crippen LogP contribution in [0.15, 0.2) is 103 Å². The van der Waals surface area contributed by atoms with Gasteiger partial charge < -0.3 is 10.0 Å². The van der Waals surface area contributed by atoms with Gasteiger partial charge in [-0.1, -0.05) is 64.1 Å². The maximum absolute atomic E-state index is 11.3. The fraction of sp³-hybridized carbons (Fsp3) is 0.167. The fourth-order valence-corrected chi connectivity index (χ4v) is 7.03. The topological polar surface area (TPSA) is 64.3 Å². The number of benzene rings is 3. The van der Waals surface area contributed by atoms with Crippen molar-refractivity contribution in [2.45, 2.75) is 39.5 Å². The number of rotatable bonds is 9. The SMILES string of the molecule is CC(C)c1cc(-c2ccc(-c3ccc(/C=C(\C#N)C(=O)O)s3)s2)cc(C(C)C)c1N(c1ccccc1)c1ccccc1. The smallest absolute Gasteiger partial charge is 0.346 e. The molecule has 0 atom stereocenters. The van der Waals surface area contributed by atoms with E-state index in [2.05, 4.69) is 118 Å². The molecule has 0 unspecified atom stereocenters. The van der Waals surface area contributed by atoms with Gasteiger partial charge in [0.15, 0.2) is 0 Å². The molecule has 1 N–H and O–H groups in total. The van der Waals surface area contributed by atoms with E-state index in [4.69, 9.17) is 5.26 Å². The Morgan fingerprint density at radius 1 is 0.762 bits per heavy atom. The zero-order chi connectivity index (χ0) is 29.8. The molecule has 3 aromatic carbocycles. The lowest BCUT2D eigenvalue weighted by atomic mass is 9.88. The first kappa shape index (κ1) is 29.1. The Morgan fingerprint density at radius 3 is 1.76 bits per heavy atom. The summed E-state index contributed by atoms with van der Waals surface area (Å²) < 4.78 is 0. The first-order chi connectivity index (χ1) is 20.3. The van der Waals surface area contributed by atoms with Crippen LogP contribution in [0.25, 0.3) is 26.3 Å². The van der Waals surface area contributed by atoms with Crippen molar-refractivity contribution >= 4 is 51.8 Å². The quantitative estimate of drug-likeness (QED) is 0.137. The van der Waals surface area contributed by atoms with Crippen LogP contribution in [0.5, 0.6) is 0 Å². The average molecular weight is 589 g/mol. The Kier molecular flexibility index (Phi) is 8.72. The van der Waals surface area contributed by atoms with Crippen molar-refractivity contribution in [2.24, 2.45) is 0 Å². The van der Waals surface area contributed by atoms with Crippen LogP contribution in [-0.2, 0) is 4.79 Å². The third-order valence-electron chi connectivity index (χ3n) is 7.06. The highest BCUT2D eigenvalue weighted by atomic mass is 32.1. The minimum Gasteiger partial charge on any atom is -0.477 e. The van der Waals surface area contributed by atoms with Crippen molar-refractivity contribution in [1.29, 1.82) is 5.26 Å². The maximum Gasteiger partial charge on any atom is 0.346 e. The van der Waals surface area contributed by atoms with Crippen LogP contribution in [0, 0.1) is 11.3 Å². The molecule has 0 aliphatic carbocycles. The molecule has 210 valence electrons. The molecule has 6 heteroatoms. The third-order valence-corrected chi connectivity index (χ3v) is 9.43. The van der Waals surface area contributed by atoms with E-state index in [9.17, 15) is 9.90 Å². The van der Waals surface area contributed by atoms with E-state index in [0.717, 1.165) is 26.0 Å². The molecule has 42 heavy (non-hydrogen) atoms. The molecule has 2 heterocycles. The molecule has 5 aromatic rings. The van der Waals surface area contributed by atoms with Gasteiger partial charge in [-0.15, -0.1) is 22.7 Å². The summed E-state index contributed by atoms with van der Waals surface area (Å²) in [6, 6.07) is 35.7. The maximum atomic E-state index is 11.3. The van der Waals surface area contributed by atoms with Crippen molar-refractivity contribution in [3.05, 3.63) is 119 Å². The van der Waals surface area contributed by atoms with E-state index in [1.807, 2.05) is 12.1 Å². The number of thiophene rings is 2. The van der Waals surface area contributed by atoms with Gasteiger partial charge in [0.05, 0.1) is 5.69 Å². The summed E-state index contributed by atoms with van der Waals surface area (Å²) in [6.45, 7) is 9.03. The van der Waals surface area contributed by atoms with Gasteiger partial charge in [0.25, 0.3) is 0 Å². The molecular weight excluding hydrogens is 557 g/mol. The highest BCUT2D eigenvalue weighted by Crippen LogP contribution is 2.47. The molecule has 0 saturated heterocycles. The normalized spacial score (nSPS) is 11.6. The number of hydrogen-bond donors (Lipinski definition) is 1. The van der Waals surface area contributed by atoms with Crippen LogP contribution < -0.4 is 4.90 Å². The van der Waals surface area contributed by atoms with Crippen LogP contribution in [0.1, 0.15) is 55.5 Å². The number of hydrogen-bond acceptors (Lipinski definition) is 5. The molecular formula is C36H32N2O2S2. The first-order valence-corrected chi connectivity index (χ1v) is 15.5. The van der Waals surface area contributed by atoms with Crippen molar-refractivity contribution in [3.8, 4) is 26.3 Å². The van der Waals surface area contributed by atoms with E-state index < -0.39 is 5.97 Å². The first-order valence-electron chi connectivity index (χ1n) is 13.9. The number of para-hydroxylation sites is 2. The highest BCUT2D eigenvalue weighted by molar-refractivity contribution is 7.24. The molecule has 0 spiro atoms. The summed E-state index contributed by atoms with van der Waals surface area (Å²) in [7, 11) is 0. The molecule has 0 fully saturated rings. The number of nitriles is 1. The largest absolute Gasteiger partial charge is 0.477 e. The zero-order valence-electron chi connectivity index (χ0n) is 24.0. The molecule has 0 aliphatic heterocycles. The third kappa shape index (κ3) is 6.08. The van der Waals surface area contributed by atoms with Gasteiger partial charge in [-0.2, -0.15) is 5.26 Å². The van der Waals surface area contributed by atoms with Crippen LogP contribution in [-0.4, -0.2) is 11.1 Å². The highest BCUT2D eigenvalue weighted by Gasteiger charge is 2.24. The summed E-state index contributed by atoms with van der Waals surface area (Å²) in [5, 5.41) is 18.3. The van der Waals surface area contributed by atoms with Gasteiger partial charge in [0.2, 0.25) is 0 Å². The summed E-state index contributed by atoms with van der Waals surface area (Å²) in [5.74, 6) is -0.627. The molecule has 0 aliphatic rings. The van der Waals surface area contributed by atoms with Gasteiger partial charge in [-0.3, -0.25) is 0 Å². The molecule has 4 nitrogen and oxygen atoms in total. The van der Waals surface area contributed by atoms with Gasteiger partial charge in [0.1, 0.15) is 11.6 Å². The number of anilines is 3. The van der Waals surface area contributed by atoms with Crippen molar-refractivity contribution in [3.63, 3.8) is 0 Å². The summed E-state index contributed by atoms with van der Waals surface area (Å²) in [6.07, 6.45) is 1.43. The Bertz CT molecular complexity index is 1710. The lowest BCUT2D eigenvalue weighted by Crippen LogP contribution is -2.16. The number of carboxylic acid groups (broad SMARTS) is 1. The number of aliphatic carboxylic acids is 1. The molecule has 0 saturated carbocycles. The van der Waals surface area contributed by atoms with E-state index in [0.29, 0.717) is 11.8 Å². The summed E-state index contributed by atoms with van der Waals surface area (Å²) in [5.41, 5.74) is 7.00. The van der Waals surface area contributed by atoms with Gasteiger partial charge in [-0.25, -0.2) is 4.79 Å². The number of carboxylic acids is 1. The standard InChI is InChI=1S/C36H32N2O2S2/c1-23(2)30-20-25(32-17-18-34(42-32)33-16-15-29(41-33)19-26(22-37)36(39)40)21-31(24(3)4)35(30)38(27-11-7-5-8-12-27)28-13-9-6-10-14-28/h5-21,23-24H,1-4H3,(H,39,40)/b26-19+. The van der Waals surface area contributed by atoms with E-state index in [1.54, 1.807) is 17.4 Å². The predicted octanol–water partition coefficient (Wildman–Crippen LogP) is 10.9. The van der Waals surface area contributed by atoms with Crippen LogP contribution in [0.3, 0.4) is 0 Å². The lowest BCUT2D eigenvalue weighted by molar-refractivity contribution is -0.132.